The fourth-order valence-corrected chi connectivity index (χ4v) is 1.56. The first-order valence-electron chi connectivity index (χ1n) is 4.96. The van der Waals surface area contributed by atoms with Gasteiger partial charge in [0, 0.05) is 6.04 Å². The molecule has 5 nitrogen and oxygen atoms in total. The lowest BCUT2D eigenvalue weighted by Crippen LogP contribution is -2.49. The zero-order valence-corrected chi connectivity index (χ0v) is 8.38. The van der Waals surface area contributed by atoms with Crippen molar-refractivity contribution in [2.45, 2.75) is 44.7 Å². The lowest BCUT2D eigenvalue weighted by Gasteiger charge is -2.15. The fourth-order valence-electron chi connectivity index (χ4n) is 1.56. The highest BCUT2D eigenvalue weighted by atomic mass is 16.2. The highest BCUT2D eigenvalue weighted by Gasteiger charge is 2.18. The number of urea groups is 1. The first kappa shape index (κ1) is 10.8. The van der Waals surface area contributed by atoms with Gasteiger partial charge in [0.2, 0.25) is 5.91 Å². The molecule has 0 spiro atoms. The summed E-state index contributed by atoms with van der Waals surface area (Å²) in [6.45, 7) is 1.57. The van der Waals surface area contributed by atoms with Gasteiger partial charge in [0.15, 0.2) is 0 Å². The second-order valence-electron chi connectivity index (χ2n) is 3.72. The monoisotopic (exact) mass is 199 g/mol. The van der Waals surface area contributed by atoms with Crippen LogP contribution in [0.1, 0.15) is 32.6 Å². The summed E-state index contributed by atoms with van der Waals surface area (Å²) in [5.74, 6) is -0.522. The molecule has 1 saturated carbocycles. The van der Waals surface area contributed by atoms with Gasteiger partial charge in [0.05, 0.1) is 0 Å². The van der Waals surface area contributed by atoms with E-state index in [9.17, 15) is 9.59 Å². The van der Waals surface area contributed by atoms with Crippen LogP contribution < -0.4 is 16.4 Å². The van der Waals surface area contributed by atoms with Crippen molar-refractivity contribution in [3.63, 3.8) is 0 Å². The molecule has 1 unspecified atom stereocenters. The first-order chi connectivity index (χ1) is 6.59. The molecular formula is C9H17N3O2. The summed E-state index contributed by atoms with van der Waals surface area (Å²) in [6, 6.07) is -0.658. The Hall–Kier alpha value is -1.26. The molecule has 4 N–H and O–H groups in total. The maximum atomic E-state index is 11.3. The smallest absolute Gasteiger partial charge is 0.315 e. The Kier molecular flexibility index (Phi) is 3.73. The third-order valence-electron chi connectivity index (χ3n) is 2.46. The maximum Gasteiger partial charge on any atom is 0.315 e. The predicted molar refractivity (Wildman–Crippen MR) is 52.6 cm³/mol. The topological polar surface area (TPSA) is 84.2 Å². The second kappa shape index (κ2) is 4.83. The number of hydrogen-bond donors (Lipinski definition) is 3. The van der Waals surface area contributed by atoms with Crippen molar-refractivity contribution in [2.24, 2.45) is 5.73 Å². The average Bonchev–Trinajstić information content (AvgIpc) is 2.56. The van der Waals surface area contributed by atoms with Gasteiger partial charge < -0.3 is 16.4 Å². The SMILES string of the molecule is CC(NC(=O)NC1CCCC1)C(N)=O. The standard InChI is InChI=1S/C9H17N3O2/c1-6(8(10)13)11-9(14)12-7-4-2-3-5-7/h6-7H,2-5H2,1H3,(H2,10,13)(H2,11,12,14). The van der Waals surface area contributed by atoms with E-state index in [4.69, 9.17) is 5.73 Å². The summed E-state index contributed by atoms with van der Waals surface area (Å²) in [5, 5.41) is 5.29. The molecule has 0 aromatic heterocycles. The summed E-state index contributed by atoms with van der Waals surface area (Å²) >= 11 is 0. The molecule has 1 atom stereocenters. The van der Waals surface area contributed by atoms with E-state index in [1.54, 1.807) is 6.92 Å². The lowest BCUT2D eigenvalue weighted by atomic mass is 10.2. The maximum absolute atomic E-state index is 11.3. The van der Waals surface area contributed by atoms with Gasteiger partial charge in [-0.15, -0.1) is 0 Å². The molecule has 80 valence electrons. The van der Waals surface area contributed by atoms with Crippen LogP contribution in [-0.2, 0) is 4.79 Å². The minimum absolute atomic E-state index is 0.259. The molecule has 0 aromatic rings. The Labute approximate surface area is 83.4 Å². The van der Waals surface area contributed by atoms with E-state index in [0.29, 0.717) is 0 Å². The number of primary amides is 1. The Bertz CT molecular complexity index is 224. The zero-order valence-electron chi connectivity index (χ0n) is 8.38. The molecule has 1 aliphatic carbocycles. The van der Waals surface area contributed by atoms with Crippen LogP contribution in [0.4, 0.5) is 4.79 Å². The normalized spacial score (nSPS) is 18.9. The van der Waals surface area contributed by atoms with Gasteiger partial charge in [-0.2, -0.15) is 0 Å². The summed E-state index contributed by atoms with van der Waals surface area (Å²) < 4.78 is 0. The number of nitrogens with one attached hydrogen (secondary N) is 2. The minimum Gasteiger partial charge on any atom is -0.368 e. The average molecular weight is 199 g/mol. The third kappa shape index (κ3) is 3.24. The number of amides is 3. The third-order valence-corrected chi connectivity index (χ3v) is 2.46. The van der Waals surface area contributed by atoms with Crippen LogP contribution in [0.15, 0.2) is 0 Å². The van der Waals surface area contributed by atoms with E-state index in [-0.39, 0.29) is 12.1 Å². The highest BCUT2D eigenvalue weighted by molar-refractivity contribution is 5.85. The van der Waals surface area contributed by atoms with Crippen LogP contribution in [-0.4, -0.2) is 24.0 Å². The predicted octanol–water partition coefficient (Wildman–Crippen LogP) is 0.102. The molecule has 0 aliphatic heterocycles. The molecule has 14 heavy (non-hydrogen) atoms. The van der Waals surface area contributed by atoms with Gasteiger partial charge in [-0.1, -0.05) is 12.8 Å². The summed E-state index contributed by atoms with van der Waals surface area (Å²) in [4.78, 5) is 21.9. The van der Waals surface area contributed by atoms with E-state index in [0.717, 1.165) is 25.7 Å². The minimum atomic E-state index is -0.614. The second-order valence-corrected chi connectivity index (χ2v) is 3.72. The van der Waals surface area contributed by atoms with E-state index in [1.807, 2.05) is 0 Å². The van der Waals surface area contributed by atoms with Gasteiger partial charge >= 0.3 is 6.03 Å². The van der Waals surface area contributed by atoms with Crippen LogP contribution in [0.2, 0.25) is 0 Å². The van der Waals surface area contributed by atoms with Crippen LogP contribution in [0, 0.1) is 0 Å². The Morgan fingerprint density at radius 2 is 1.93 bits per heavy atom. The van der Waals surface area contributed by atoms with Crippen molar-refractivity contribution in [3.8, 4) is 0 Å². The van der Waals surface area contributed by atoms with E-state index < -0.39 is 11.9 Å². The molecular weight excluding hydrogens is 182 g/mol. The number of nitrogens with two attached hydrogens (primary N) is 1. The van der Waals surface area contributed by atoms with Crippen molar-refractivity contribution < 1.29 is 9.59 Å². The fraction of sp³-hybridized carbons (Fsp3) is 0.778. The number of rotatable bonds is 3. The van der Waals surface area contributed by atoms with Crippen molar-refractivity contribution in [1.29, 1.82) is 0 Å². The van der Waals surface area contributed by atoms with Crippen molar-refractivity contribution in [3.05, 3.63) is 0 Å². The summed E-state index contributed by atoms with van der Waals surface area (Å²) in [6.07, 6.45) is 4.38. The van der Waals surface area contributed by atoms with Gasteiger partial charge in [-0.05, 0) is 19.8 Å². The van der Waals surface area contributed by atoms with Gasteiger partial charge in [-0.3, -0.25) is 4.79 Å². The molecule has 0 saturated heterocycles. The summed E-state index contributed by atoms with van der Waals surface area (Å²) in [5.41, 5.74) is 5.01. The van der Waals surface area contributed by atoms with E-state index in [2.05, 4.69) is 10.6 Å². The van der Waals surface area contributed by atoms with Crippen LogP contribution in [0.3, 0.4) is 0 Å². The molecule has 1 rings (SSSR count). The molecule has 0 aromatic carbocycles. The quantitative estimate of drug-likeness (QED) is 0.602. The Balaban J connectivity index is 2.24. The van der Waals surface area contributed by atoms with E-state index >= 15 is 0 Å². The number of carbonyl (C=O) groups excluding carboxylic acids is 2. The van der Waals surface area contributed by atoms with Gasteiger partial charge in [0.25, 0.3) is 0 Å². The van der Waals surface area contributed by atoms with Crippen LogP contribution in [0.5, 0.6) is 0 Å². The number of carbonyl (C=O) groups is 2. The van der Waals surface area contributed by atoms with E-state index in [1.165, 1.54) is 0 Å². The van der Waals surface area contributed by atoms with Crippen LogP contribution in [0.25, 0.3) is 0 Å². The van der Waals surface area contributed by atoms with Gasteiger partial charge in [0.1, 0.15) is 6.04 Å². The van der Waals surface area contributed by atoms with Crippen molar-refractivity contribution in [2.75, 3.05) is 0 Å². The molecule has 0 heterocycles. The largest absolute Gasteiger partial charge is 0.368 e. The van der Waals surface area contributed by atoms with Crippen molar-refractivity contribution in [1.82, 2.24) is 10.6 Å². The summed E-state index contributed by atoms with van der Waals surface area (Å²) in [7, 11) is 0. The molecule has 1 fully saturated rings. The molecule has 0 radical (unpaired) electrons. The molecule has 0 bridgehead atoms. The molecule has 3 amide bonds. The highest BCUT2D eigenvalue weighted by Crippen LogP contribution is 2.17. The van der Waals surface area contributed by atoms with Crippen molar-refractivity contribution >= 4 is 11.9 Å². The number of hydrogen-bond acceptors (Lipinski definition) is 2. The first-order valence-corrected chi connectivity index (χ1v) is 4.96. The lowest BCUT2D eigenvalue weighted by molar-refractivity contribution is -0.119. The Morgan fingerprint density at radius 1 is 1.36 bits per heavy atom. The van der Waals surface area contributed by atoms with Crippen LogP contribution >= 0.6 is 0 Å². The molecule has 5 heteroatoms. The zero-order chi connectivity index (χ0) is 10.6. The van der Waals surface area contributed by atoms with Gasteiger partial charge in [-0.25, -0.2) is 4.79 Å². The Morgan fingerprint density at radius 3 is 2.43 bits per heavy atom. The molecule has 1 aliphatic rings.